The fourth-order valence-corrected chi connectivity index (χ4v) is 3.97. The van der Waals surface area contributed by atoms with Gasteiger partial charge in [0.1, 0.15) is 0 Å². The first-order chi connectivity index (χ1) is 7.34. The van der Waals surface area contributed by atoms with Crippen molar-refractivity contribution in [3.8, 4) is 0 Å². The molecule has 2 aliphatic carbocycles. The van der Waals surface area contributed by atoms with Crippen LogP contribution in [0.2, 0.25) is 0 Å². The molecule has 0 bridgehead atoms. The summed E-state index contributed by atoms with van der Waals surface area (Å²) in [4.78, 5) is 0. The molecule has 0 saturated heterocycles. The molecule has 0 N–H and O–H groups in total. The summed E-state index contributed by atoms with van der Waals surface area (Å²) in [6, 6.07) is 6.69. The van der Waals surface area contributed by atoms with Crippen LogP contribution >= 0.6 is 15.9 Å². The molecule has 0 amide bonds. The first-order valence-corrected chi connectivity index (χ1v) is 6.90. The van der Waals surface area contributed by atoms with Gasteiger partial charge < -0.3 is 0 Å². The number of hydrogen-bond acceptors (Lipinski definition) is 0. The number of halogens is 1. The lowest BCUT2D eigenvalue weighted by Gasteiger charge is -2.16. The van der Waals surface area contributed by atoms with Gasteiger partial charge in [-0.05, 0) is 41.9 Å². The van der Waals surface area contributed by atoms with Gasteiger partial charge in [-0.1, -0.05) is 53.7 Å². The summed E-state index contributed by atoms with van der Waals surface area (Å²) in [5.41, 5.74) is 3.19. The average molecular weight is 265 g/mol. The van der Waals surface area contributed by atoms with E-state index in [1.807, 2.05) is 0 Å². The van der Waals surface area contributed by atoms with Gasteiger partial charge in [-0.15, -0.1) is 0 Å². The molecule has 15 heavy (non-hydrogen) atoms. The Labute approximate surface area is 100 Å². The molecule has 2 aliphatic rings. The lowest BCUT2D eigenvalue weighted by Crippen LogP contribution is -2.11. The lowest BCUT2D eigenvalue weighted by molar-refractivity contribution is 0.353. The Morgan fingerprint density at radius 2 is 1.80 bits per heavy atom. The highest BCUT2D eigenvalue weighted by Crippen LogP contribution is 2.41. The summed E-state index contributed by atoms with van der Waals surface area (Å²) in [5, 5.41) is 0. The second-order valence-electron chi connectivity index (χ2n) is 5.09. The normalized spacial score (nSPS) is 25.8. The third-order valence-corrected chi connectivity index (χ3v) is 4.97. The van der Waals surface area contributed by atoms with Crippen molar-refractivity contribution in [2.75, 3.05) is 0 Å². The van der Waals surface area contributed by atoms with Crippen LogP contribution < -0.4 is 0 Å². The maximum atomic E-state index is 3.68. The molecule has 0 nitrogen and oxygen atoms in total. The van der Waals surface area contributed by atoms with Crippen LogP contribution in [0.5, 0.6) is 0 Å². The maximum Gasteiger partial charge on any atom is 0.0210 e. The van der Waals surface area contributed by atoms with Crippen molar-refractivity contribution in [3.63, 3.8) is 0 Å². The highest BCUT2D eigenvalue weighted by Gasteiger charge is 2.31. The van der Waals surface area contributed by atoms with Gasteiger partial charge in [0.2, 0.25) is 0 Å². The minimum absolute atomic E-state index is 0.946. The molecule has 3 rings (SSSR count). The average Bonchev–Trinajstić information content (AvgIpc) is 2.86. The van der Waals surface area contributed by atoms with Crippen molar-refractivity contribution in [1.29, 1.82) is 0 Å². The van der Waals surface area contributed by atoms with Crippen LogP contribution in [0.3, 0.4) is 0 Å². The molecule has 0 spiro atoms. The first-order valence-electron chi connectivity index (χ1n) is 6.11. The summed E-state index contributed by atoms with van der Waals surface area (Å²) in [6.45, 7) is 0. The molecule has 1 atom stereocenters. The van der Waals surface area contributed by atoms with E-state index in [1.54, 1.807) is 11.1 Å². The van der Waals surface area contributed by atoms with Crippen molar-refractivity contribution in [1.82, 2.24) is 0 Å². The van der Waals surface area contributed by atoms with Gasteiger partial charge >= 0.3 is 0 Å². The third-order valence-electron chi connectivity index (χ3n) is 4.23. The van der Waals surface area contributed by atoms with Gasteiger partial charge in [-0.3, -0.25) is 0 Å². The molecule has 80 valence electrons. The second kappa shape index (κ2) is 3.93. The van der Waals surface area contributed by atoms with Crippen LogP contribution in [0.25, 0.3) is 0 Å². The zero-order valence-electron chi connectivity index (χ0n) is 9.01. The number of hydrogen-bond donors (Lipinski definition) is 0. The molecule has 1 aromatic carbocycles. The fourth-order valence-electron chi connectivity index (χ4n) is 3.40. The van der Waals surface area contributed by atoms with Crippen molar-refractivity contribution < 1.29 is 0 Å². The van der Waals surface area contributed by atoms with Crippen molar-refractivity contribution in [2.24, 2.45) is 11.8 Å². The Kier molecular flexibility index (Phi) is 2.59. The van der Waals surface area contributed by atoms with Gasteiger partial charge in [-0.2, -0.15) is 0 Å². The largest absolute Gasteiger partial charge is 0.0609 e. The van der Waals surface area contributed by atoms with E-state index >= 15 is 0 Å². The zero-order chi connectivity index (χ0) is 10.3. The molecule has 0 unspecified atom stereocenters. The smallest absolute Gasteiger partial charge is 0.0210 e. The standard InChI is InChI=1S/C14H17Br/c15-14-7-3-6-11-8-12(9-13(11)14)10-4-1-2-5-10/h3,6-7,10,12H,1-2,4-5,8-9H2/t12-/m0/s1. The van der Waals surface area contributed by atoms with Crippen LogP contribution in [0.1, 0.15) is 36.8 Å². The fraction of sp³-hybridized carbons (Fsp3) is 0.571. The number of rotatable bonds is 1. The highest BCUT2D eigenvalue weighted by atomic mass is 79.9. The molecule has 1 fully saturated rings. The summed E-state index contributed by atoms with van der Waals surface area (Å²) in [5.74, 6) is 1.96. The van der Waals surface area contributed by atoms with Gasteiger partial charge in [0.15, 0.2) is 0 Å². The number of fused-ring (bicyclic) bond motifs is 1. The van der Waals surface area contributed by atoms with Crippen molar-refractivity contribution in [2.45, 2.75) is 38.5 Å². The van der Waals surface area contributed by atoms with Crippen LogP contribution in [0.15, 0.2) is 22.7 Å². The van der Waals surface area contributed by atoms with E-state index in [2.05, 4.69) is 34.1 Å². The van der Waals surface area contributed by atoms with Gasteiger partial charge in [-0.25, -0.2) is 0 Å². The second-order valence-corrected chi connectivity index (χ2v) is 5.94. The van der Waals surface area contributed by atoms with E-state index in [4.69, 9.17) is 0 Å². The Morgan fingerprint density at radius 1 is 1.00 bits per heavy atom. The minimum Gasteiger partial charge on any atom is -0.0609 e. The van der Waals surface area contributed by atoms with Gasteiger partial charge in [0.25, 0.3) is 0 Å². The van der Waals surface area contributed by atoms with E-state index in [0.29, 0.717) is 0 Å². The zero-order valence-corrected chi connectivity index (χ0v) is 10.6. The van der Waals surface area contributed by atoms with Crippen LogP contribution in [0, 0.1) is 11.8 Å². The quantitative estimate of drug-likeness (QED) is 0.708. The minimum atomic E-state index is 0.946. The Bertz CT molecular complexity index is 364. The Balaban J connectivity index is 1.82. The summed E-state index contributed by atoms with van der Waals surface area (Å²) >= 11 is 3.68. The van der Waals surface area contributed by atoms with E-state index < -0.39 is 0 Å². The van der Waals surface area contributed by atoms with Crippen molar-refractivity contribution >= 4 is 15.9 Å². The van der Waals surface area contributed by atoms with Crippen LogP contribution in [-0.4, -0.2) is 0 Å². The van der Waals surface area contributed by atoms with Crippen molar-refractivity contribution in [3.05, 3.63) is 33.8 Å². The summed E-state index contributed by atoms with van der Waals surface area (Å²) in [6.07, 6.45) is 8.56. The SMILES string of the molecule is Brc1cccc2c1C[C@@H](C1CCCC1)C2. The first kappa shape index (κ1) is 9.89. The predicted octanol–water partition coefficient (Wildman–Crippen LogP) is 4.35. The maximum absolute atomic E-state index is 3.68. The molecule has 1 aromatic rings. The number of benzene rings is 1. The molecule has 1 heteroatoms. The van der Waals surface area contributed by atoms with Gasteiger partial charge in [0.05, 0.1) is 0 Å². The van der Waals surface area contributed by atoms with E-state index in [-0.39, 0.29) is 0 Å². The van der Waals surface area contributed by atoms with E-state index in [1.165, 1.54) is 43.0 Å². The topological polar surface area (TPSA) is 0 Å². The molecule has 1 saturated carbocycles. The van der Waals surface area contributed by atoms with Crippen LogP contribution in [0.4, 0.5) is 0 Å². The predicted molar refractivity (Wildman–Crippen MR) is 67.0 cm³/mol. The molecule has 0 heterocycles. The lowest BCUT2D eigenvalue weighted by atomic mass is 9.88. The Morgan fingerprint density at radius 3 is 2.53 bits per heavy atom. The Hall–Kier alpha value is -0.300. The van der Waals surface area contributed by atoms with Gasteiger partial charge in [0, 0.05) is 4.47 Å². The third kappa shape index (κ3) is 1.75. The highest BCUT2D eigenvalue weighted by molar-refractivity contribution is 9.10. The monoisotopic (exact) mass is 264 g/mol. The molecule has 0 aliphatic heterocycles. The van der Waals surface area contributed by atoms with Crippen LogP contribution in [-0.2, 0) is 12.8 Å². The van der Waals surface area contributed by atoms with E-state index in [0.717, 1.165) is 11.8 Å². The molecular weight excluding hydrogens is 248 g/mol. The molecular formula is C14H17Br. The van der Waals surface area contributed by atoms with E-state index in [9.17, 15) is 0 Å². The summed E-state index contributed by atoms with van der Waals surface area (Å²) in [7, 11) is 0. The molecule has 0 radical (unpaired) electrons. The summed E-state index contributed by atoms with van der Waals surface area (Å²) < 4.78 is 1.33. The molecule has 0 aromatic heterocycles.